The second-order valence-electron chi connectivity index (χ2n) is 10.9. The minimum absolute atomic E-state index is 0.0693. The Morgan fingerprint density at radius 1 is 0.731 bits per heavy atom. The van der Waals surface area contributed by atoms with Gasteiger partial charge in [-0.2, -0.15) is 4.98 Å². The van der Waals surface area contributed by atoms with Crippen LogP contribution in [0.5, 0.6) is 11.5 Å². The number of nitrogens with one attached hydrogen (secondary N) is 2. The molecule has 2 N–H and O–H groups in total. The van der Waals surface area contributed by atoms with E-state index in [0.29, 0.717) is 11.3 Å². The zero-order valence-corrected chi connectivity index (χ0v) is 30.2. The van der Waals surface area contributed by atoms with Gasteiger partial charge in [-0.25, -0.2) is 9.97 Å². The number of carbonyl (C=O) groups excluding carboxylic acids is 2. The van der Waals surface area contributed by atoms with Crippen molar-refractivity contribution in [3.05, 3.63) is 146 Å². The third kappa shape index (κ3) is 10.5. The van der Waals surface area contributed by atoms with Gasteiger partial charge in [-0.15, -0.1) is 0 Å². The number of amides is 1. The minimum atomic E-state index is -0.0693. The Hall–Kier alpha value is -6.47. The first-order valence-electron chi connectivity index (χ1n) is 15.9. The van der Waals surface area contributed by atoms with E-state index < -0.39 is 0 Å². The number of ether oxygens (including phenoxy) is 2. The number of hydrogen-bond donors (Lipinski definition) is 2. The Morgan fingerprint density at radius 3 is 1.71 bits per heavy atom. The molecule has 7 aromatic rings. The summed E-state index contributed by atoms with van der Waals surface area (Å²) in [4.78, 5) is 34.5. The van der Waals surface area contributed by atoms with Crippen molar-refractivity contribution in [1.82, 2.24) is 24.1 Å². The van der Waals surface area contributed by atoms with Gasteiger partial charge in [0.15, 0.2) is 5.78 Å². The van der Waals surface area contributed by atoms with Crippen LogP contribution in [0.3, 0.4) is 0 Å². The van der Waals surface area contributed by atoms with E-state index in [1.807, 2.05) is 94.3 Å². The fourth-order valence-electron chi connectivity index (χ4n) is 4.66. The fraction of sp³-hybridized carbons (Fsp3) is 0.103. The Kier molecular flexibility index (Phi) is 13.1. The number of hydrogen-bond acceptors (Lipinski definition) is 9. The van der Waals surface area contributed by atoms with Crippen LogP contribution in [0.2, 0.25) is 0 Å². The van der Waals surface area contributed by atoms with Crippen molar-refractivity contribution in [3.8, 4) is 34.1 Å². The summed E-state index contributed by atoms with van der Waals surface area (Å²) in [7, 11) is 3.24. The molecule has 7 rings (SSSR count). The summed E-state index contributed by atoms with van der Waals surface area (Å²) < 4.78 is 19.5. The summed E-state index contributed by atoms with van der Waals surface area (Å²) in [6.07, 6.45) is 12.4. The highest BCUT2D eigenvalue weighted by atomic mass is 79.9. The lowest BCUT2D eigenvalue weighted by atomic mass is 10.1. The topological polar surface area (TPSA) is 138 Å². The standard InChI is InChI=1S/C19H16N4O2.C11H9BrN2O.C9H11NO2/c1-24-17-8-4-15(5-9-17)21-19-22-18(12-25-19)14-2-6-16(7-3-14)23-11-10-20-13-23;12-7-11(15)9-1-3-10(4-2-9)14-6-5-13-8-14;1-7(11)10-8-3-5-9(12-2)6-4-8/h2-13H,1H3,(H,21,22);1-6,8H,7H2;3-6H,1-2H3,(H,10,11). The van der Waals surface area contributed by atoms with E-state index in [1.54, 1.807) is 69.8 Å². The summed E-state index contributed by atoms with van der Waals surface area (Å²) >= 11 is 3.14. The summed E-state index contributed by atoms with van der Waals surface area (Å²) in [5, 5.41) is 6.15. The number of rotatable bonds is 10. The number of Topliss-reactive ketones (excluding diaryl/α,β-unsaturated/α-hetero) is 1. The van der Waals surface area contributed by atoms with Crippen molar-refractivity contribution in [2.45, 2.75) is 6.92 Å². The molecule has 264 valence electrons. The van der Waals surface area contributed by atoms with Crippen LogP contribution in [0.4, 0.5) is 17.4 Å². The molecule has 3 aromatic heterocycles. The molecule has 13 heteroatoms. The molecule has 3 heterocycles. The van der Waals surface area contributed by atoms with Gasteiger partial charge in [-0.05, 0) is 84.9 Å². The normalized spacial score (nSPS) is 10.2. The first-order valence-corrected chi connectivity index (χ1v) is 17.0. The third-order valence-corrected chi connectivity index (χ3v) is 7.84. The highest BCUT2D eigenvalue weighted by Crippen LogP contribution is 2.25. The molecule has 0 fully saturated rings. The highest BCUT2D eigenvalue weighted by Gasteiger charge is 2.08. The van der Waals surface area contributed by atoms with E-state index in [2.05, 4.69) is 41.5 Å². The number of nitrogens with zero attached hydrogens (tertiary/aromatic N) is 5. The Balaban J connectivity index is 0.000000165. The molecule has 0 aliphatic carbocycles. The SMILES string of the molecule is COc1ccc(NC(C)=O)cc1.COc1ccc(Nc2nc(-c3ccc(-n4ccnc4)cc3)co2)cc1.O=C(CBr)c1ccc(-n2ccnc2)cc1. The maximum absolute atomic E-state index is 11.3. The molecule has 0 saturated heterocycles. The van der Waals surface area contributed by atoms with Gasteiger partial charge in [0.05, 0.1) is 32.2 Å². The lowest BCUT2D eigenvalue weighted by Crippen LogP contribution is -2.05. The van der Waals surface area contributed by atoms with Gasteiger partial charge in [-0.3, -0.25) is 9.59 Å². The maximum atomic E-state index is 11.3. The van der Waals surface area contributed by atoms with Gasteiger partial charge < -0.3 is 33.7 Å². The van der Waals surface area contributed by atoms with Gasteiger partial charge in [0, 0.05) is 65.6 Å². The molecule has 0 aliphatic rings. The van der Waals surface area contributed by atoms with Crippen LogP contribution < -0.4 is 20.1 Å². The van der Waals surface area contributed by atoms with Crippen LogP contribution in [-0.2, 0) is 4.79 Å². The minimum Gasteiger partial charge on any atom is -0.497 e. The summed E-state index contributed by atoms with van der Waals surface area (Å²) in [5.74, 6) is 1.60. The average Bonchev–Trinajstić information content (AvgIpc) is 4.01. The van der Waals surface area contributed by atoms with Gasteiger partial charge in [0.2, 0.25) is 5.91 Å². The lowest BCUT2D eigenvalue weighted by molar-refractivity contribution is -0.114. The van der Waals surface area contributed by atoms with Gasteiger partial charge in [0.25, 0.3) is 6.01 Å². The second kappa shape index (κ2) is 18.5. The van der Waals surface area contributed by atoms with Crippen LogP contribution in [-0.4, -0.2) is 55.3 Å². The molecule has 4 aromatic carbocycles. The third-order valence-electron chi connectivity index (χ3n) is 7.33. The first kappa shape index (κ1) is 36.8. The molecule has 1 amide bonds. The summed E-state index contributed by atoms with van der Waals surface area (Å²) in [5.41, 5.74) is 6.17. The Bertz CT molecular complexity index is 2110. The zero-order valence-electron chi connectivity index (χ0n) is 28.6. The van der Waals surface area contributed by atoms with Crippen LogP contribution in [0, 0.1) is 0 Å². The van der Waals surface area contributed by atoms with Gasteiger partial charge in [-0.1, -0.05) is 28.1 Å². The number of benzene rings is 4. The number of methoxy groups -OCH3 is 2. The number of carbonyl (C=O) groups is 2. The van der Waals surface area contributed by atoms with Crippen molar-refractivity contribution in [2.24, 2.45) is 0 Å². The van der Waals surface area contributed by atoms with E-state index >= 15 is 0 Å². The Labute approximate surface area is 309 Å². The van der Waals surface area contributed by atoms with Gasteiger partial charge in [0.1, 0.15) is 23.5 Å². The fourth-order valence-corrected chi connectivity index (χ4v) is 4.99. The smallest absolute Gasteiger partial charge is 0.299 e. The first-order chi connectivity index (χ1) is 25.3. The van der Waals surface area contributed by atoms with E-state index in [-0.39, 0.29) is 11.7 Å². The number of ketones is 1. The molecule has 12 nitrogen and oxygen atoms in total. The van der Waals surface area contributed by atoms with Gasteiger partial charge >= 0.3 is 0 Å². The molecular weight excluding hydrogens is 726 g/mol. The van der Waals surface area contributed by atoms with Crippen LogP contribution in [0.1, 0.15) is 17.3 Å². The van der Waals surface area contributed by atoms with E-state index in [1.165, 1.54) is 6.92 Å². The number of aromatic nitrogens is 5. The van der Waals surface area contributed by atoms with Crippen molar-refractivity contribution >= 4 is 45.0 Å². The Morgan fingerprint density at radius 2 is 1.25 bits per heavy atom. The van der Waals surface area contributed by atoms with E-state index in [4.69, 9.17) is 13.9 Å². The zero-order chi connectivity index (χ0) is 36.7. The summed E-state index contributed by atoms with van der Waals surface area (Å²) in [6.45, 7) is 1.48. The number of alkyl halides is 1. The highest BCUT2D eigenvalue weighted by molar-refractivity contribution is 9.09. The maximum Gasteiger partial charge on any atom is 0.299 e. The number of oxazole rings is 1. The van der Waals surface area contributed by atoms with Crippen LogP contribution in [0.25, 0.3) is 22.6 Å². The van der Waals surface area contributed by atoms with Crippen molar-refractivity contribution in [2.75, 3.05) is 30.2 Å². The molecular formula is C39H36BrN7O5. The van der Waals surface area contributed by atoms with Crippen LogP contribution in [0.15, 0.2) is 145 Å². The molecule has 52 heavy (non-hydrogen) atoms. The predicted octanol–water partition coefficient (Wildman–Crippen LogP) is 8.38. The predicted molar refractivity (Wildman–Crippen MR) is 204 cm³/mol. The average molecular weight is 763 g/mol. The van der Waals surface area contributed by atoms with Crippen LogP contribution >= 0.6 is 15.9 Å². The monoisotopic (exact) mass is 761 g/mol. The van der Waals surface area contributed by atoms with Crippen molar-refractivity contribution < 1.29 is 23.5 Å². The number of imidazole rings is 2. The van der Waals surface area contributed by atoms with Crippen molar-refractivity contribution in [1.29, 1.82) is 0 Å². The summed E-state index contributed by atoms with van der Waals surface area (Å²) in [6, 6.07) is 30.7. The molecule has 0 aliphatic heterocycles. The number of halogens is 1. The molecule has 0 unspecified atom stereocenters. The molecule has 0 saturated carbocycles. The van der Waals surface area contributed by atoms with Crippen molar-refractivity contribution in [3.63, 3.8) is 0 Å². The van der Waals surface area contributed by atoms with E-state index in [9.17, 15) is 9.59 Å². The largest absolute Gasteiger partial charge is 0.497 e. The molecule has 0 spiro atoms. The van der Waals surface area contributed by atoms with E-state index in [0.717, 1.165) is 51.1 Å². The lowest BCUT2D eigenvalue weighted by Gasteiger charge is -2.03. The quantitative estimate of drug-likeness (QED) is 0.104. The molecule has 0 radical (unpaired) electrons. The number of anilines is 3. The molecule has 0 atom stereocenters. The second-order valence-corrected chi connectivity index (χ2v) is 11.5. The molecule has 0 bridgehead atoms.